The maximum Gasteiger partial charge on any atom is 0.320 e. The van der Waals surface area contributed by atoms with Crippen molar-refractivity contribution in [2.45, 2.75) is 32.7 Å². The van der Waals surface area contributed by atoms with Crippen LogP contribution in [0.5, 0.6) is 0 Å². The van der Waals surface area contributed by atoms with E-state index in [4.69, 9.17) is 5.11 Å². The Morgan fingerprint density at radius 2 is 2.00 bits per heavy atom. The Bertz CT molecular complexity index is 399. The topological polar surface area (TPSA) is 40.5 Å². The standard InChI is InChI=1S/C14H21NO2/c1-10-5-6-11(2)12(9-10)7-8-13(14(16)17)15(3)4/h5-6,9,13H,7-8H2,1-4H3,(H,16,17). The molecule has 0 amide bonds. The summed E-state index contributed by atoms with van der Waals surface area (Å²) in [7, 11) is 3.61. The van der Waals surface area contributed by atoms with E-state index in [0.29, 0.717) is 6.42 Å². The molecule has 1 atom stereocenters. The van der Waals surface area contributed by atoms with Crippen LogP contribution in [0.2, 0.25) is 0 Å². The molecule has 17 heavy (non-hydrogen) atoms. The Balaban J connectivity index is 2.72. The molecule has 1 rings (SSSR count). The van der Waals surface area contributed by atoms with Gasteiger partial charge in [-0.1, -0.05) is 23.8 Å². The van der Waals surface area contributed by atoms with Gasteiger partial charge in [0.25, 0.3) is 0 Å². The third kappa shape index (κ3) is 3.86. The molecule has 1 unspecified atom stereocenters. The van der Waals surface area contributed by atoms with Gasteiger partial charge in [-0.25, -0.2) is 0 Å². The highest BCUT2D eigenvalue weighted by atomic mass is 16.4. The number of carboxylic acid groups (broad SMARTS) is 1. The van der Waals surface area contributed by atoms with Crippen LogP contribution in [0.25, 0.3) is 0 Å². The van der Waals surface area contributed by atoms with E-state index in [-0.39, 0.29) is 0 Å². The highest BCUT2D eigenvalue weighted by Gasteiger charge is 2.19. The average Bonchev–Trinajstić information content (AvgIpc) is 2.22. The smallest absolute Gasteiger partial charge is 0.320 e. The van der Waals surface area contributed by atoms with E-state index in [1.54, 1.807) is 4.90 Å². The molecule has 94 valence electrons. The largest absolute Gasteiger partial charge is 0.480 e. The van der Waals surface area contributed by atoms with E-state index in [0.717, 1.165) is 6.42 Å². The number of carboxylic acids is 1. The van der Waals surface area contributed by atoms with Gasteiger partial charge in [0.1, 0.15) is 6.04 Å². The van der Waals surface area contributed by atoms with Gasteiger partial charge in [-0.2, -0.15) is 0 Å². The van der Waals surface area contributed by atoms with Crippen LogP contribution in [0.15, 0.2) is 18.2 Å². The number of rotatable bonds is 5. The average molecular weight is 235 g/mol. The van der Waals surface area contributed by atoms with E-state index < -0.39 is 12.0 Å². The van der Waals surface area contributed by atoms with Crippen LogP contribution in [0.4, 0.5) is 0 Å². The summed E-state index contributed by atoms with van der Waals surface area (Å²) in [5, 5.41) is 9.10. The molecular weight excluding hydrogens is 214 g/mol. The molecule has 0 radical (unpaired) electrons. The number of carbonyl (C=O) groups is 1. The Hall–Kier alpha value is -1.35. The first-order chi connectivity index (χ1) is 7.91. The van der Waals surface area contributed by atoms with Crippen molar-refractivity contribution in [2.24, 2.45) is 0 Å². The van der Waals surface area contributed by atoms with Crippen molar-refractivity contribution < 1.29 is 9.90 Å². The second kappa shape index (κ2) is 5.82. The minimum absolute atomic E-state index is 0.407. The van der Waals surface area contributed by atoms with Crippen LogP contribution < -0.4 is 0 Å². The lowest BCUT2D eigenvalue weighted by Gasteiger charge is -2.20. The van der Waals surface area contributed by atoms with Crippen molar-refractivity contribution >= 4 is 5.97 Å². The number of hydrogen-bond acceptors (Lipinski definition) is 2. The fraction of sp³-hybridized carbons (Fsp3) is 0.500. The first-order valence-electron chi connectivity index (χ1n) is 5.87. The summed E-state index contributed by atoms with van der Waals surface area (Å²) in [6, 6.07) is 5.91. The monoisotopic (exact) mass is 235 g/mol. The summed E-state index contributed by atoms with van der Waals surface area (Å²) in [5.74, 6) is -0.750. The molecule has 1 aromatic carbocycles. The van der Waals surface area contributed by atoms with Crippen molar-refractivity contribution in [1.82, 2.24) is 4.90 Å². The maximum atomic E-state index is 11.1. The number of nitrogens with zero attached hydrogens (tertiary/aromatic N) is 1. The number of hydrogen-bond donors (Lipinski definition) is 1. The molecule has 1 aromatic rings. The minimum Gasteiger partial charge on any atom is -0.480 e. The van der Waals surface area contributed by atoms with Gasteiger partial charge in [0.15, 0.2) is 0 Å². The molecule has 3 nitrogen and oxygen atoms in total. The van der Waals surface area contributed by atoms with Crippen LogP contribution in [-0.2, 0) is 11.2 Å². The molecule has 0 fully saturated rings. The number of benzene rings is 1. The molecule has 0 aliphatic heterocycles. The van der Waals surface area contributed by atoms with Crippen molar-refractivity contribution in [3.05, 3.63) is 34.9 Å². The Morgan fingerprint density at radius 1 is 1.35 bits per heavy atom. The fourth-order valence-corrected chi connectivity index (χ4v) is 1.96. The molecule has 0 aliphatic carbocycles. The Morgan fingerprint density at radius 3 is 2.53 bits per heavy atom. The maximum absolute atomic E-state index is 11.1. The quantitative estimate of drug-likeness (QED) is 0.851. The first kappa shape index (κ1) is 13.7. The van der Waals surface area contributed by atoms with Gasteiger partial charge < -0.3 is 5.11 Å². The lowest BCUT2D eigenvalue weighted by molar-refractivity contribution is -0.142. The zero-order valence-corrected chi connectivity index (χ0v) is 11.0. The molecular formula is C14H21NO2. The van der Waals surface area contributed by atoms with Gasteiger partial charge in [-0.15, -0.1) is 0 Å². The van der Waals surface area contributed by atoms with E-state index in [1.165, 1.54) is 16.7 Å². The number of likely N-dealkylation sites (N-methyl/N-ethyl adjacent to an activating group) is 1. The zero-order valence-electron chi connectivity index (χ0n) is 11.0. The summed E-state index contributed by atoms with van der Waals surface area (Å²) in [4.78, 5) is 12.8. The summed E-state index contributed by atoms with van der Waals surface area (Å²) < 4.78 is 0. The first-order valence-corrected chi connectivity index (χ1v) is 5.87. The van der Waals surface area contributed by atoms with E-state index in [9.17, 15) is 4.79 Å². The minimum atomic E-state index is -0.750. The third-order valence-corrected chi connectivity index (χ3v) is 3.10. The molecule has 1 N–H and O–H groups in total. The molecule has 0 aromatic heterocycles. The van der Waals surface area contributed by atoms with Crippen molar-refractivity contribution in [3.8, 4) is 0 Å². The van der Waals surface area contributed by atoms with Gasteiger partial charge in [-0.05, 0) is 51.9 Å². The van der Waals surface area contributed by atoms with E-state index >= 15 is 0 Å². The molecule has 3 heteroatoms. The van der Waals surface area contributed by atoms with Crippen molar-refractivity contribution in [2.75, 3.05) is 14.1 Å². The molecule has 0 aliphatic rings. The molecule has 0 saturated heterocycles. The van der Waals surface area contributed by atoms with Gasteiger partial charge in [0.2, 0.25) is 0 Å². The van der Waals surface area contributed by atoms with Crippen molar-refractivity contribution in [1.29, 1.82) is 0 Å². The number of aliphatic carboxylic acids is 1. The summed E-state index contributed by atoms with van der Waals surface area (Å²) in [6.45, 7) is 4.13. The third-order valence-electron chi connectivity index (χ3n) is 3.10. The zero-order chi connectivity index (χ0) is 13.0. The second-order valence-corrected chi connectivity index (χ2v) is 4.79. The van der Waals surface area contributed by atoms with Gasteiger partial charge in [0, 0.05) is 0 Å². The Labute approximate surface area is 103 Å². The van der Waals surface area contributed by atoms with E-state index in [2.05, 4.69) is 32.0 Å². The van der Waals surface area contributed by atoms with Crippen LogP contribution in [0, 0.1) is 13.8 Å². The fourth-order valence-electron chi connectivity index (χ4n) is 1.96. The Kier molecular flexibility index (Phi) is 4.70. The molecule has 0 heterocycles. The summed E-state index contributed by atoms with van der Waals surface area (Å²) in [5.41, 5.74) is 3.71. The predicted molar refractivity (Wildman–Crippen MR) is 69.3 cm³/mol. The molecule has 0 spiro atoms. The van der Waals surface area contributed by atoms with Gasteiger partial charge >= 0.3 is 5.97 Å². The highest BCUT2D eigenvalue weighted by molar-refractivity contribution is 5.73. The summed E-state index contributed by atoms with van der Waals surface area (Å²) in [6.07, 6.45) is 1.45. The van der Waals surface area contributed by atoms with Crippen molar-refractivity contribution in [3.63, 3.8) is 0 Å². The second-order valence-electron chi connectivity index (χ2n) is 4.79. The van der Waals surface area contributed by atoms with Crippen LogP contribution in [-0.4, -0.2) is 36.1 Å². The highest BCUT2D eigenvalue weighted by Crippen LogP contribution is 2.14. The van der Waals surface area contributed by atoms with Crippen LogP contribution in [0.3, 0.4) is 0 Å². The predicted octanol–water partition coefficient (Wildman–Crippen LogP) is 2.25. The lowest BCUT2D eigenvalue weighted by atomic mass is 9.99. The van der Waals surface area contributed by atoms with E-state index in [1.807, 2.05) is 14.1 Å². The normalized spacial score (nSPS) is 12.8. The molecule has 0 bridgehead atoms. The number of aryl methyl sites for hydroxylation is 3. The summed E-state index contributed by atoms with van der Waals surface area (Å²) >= 11 is 0. The van der Waals surface area contributed by atoms with Gasteiger partial charge in [0.05, 0.1) is 0 Å². The van der Waals surface area contributed by atoms with Crippen LogP contribution >= 0.6 is 0 Å². The van der Waals surface area contributed by atoms with Gasteiger partial charge in [-0.3, -0.25) is 9.69 Å². The lowest BCUT2D eigenvalue weighted by Crippen LogP contribution is -2.36. The molecule has 0 saturated carbocycles. The van der Waals surface area contributed by atoms with Crippen LogP contribution in [0.1, 0.15) is 23.1 Å². The SMILES string of the molecule is Cc1ccc(C)c(CCC(C(=O)O)N(C)C)c1.